The molecule has 0 spiro atoms. The molecule has 1 amide bonds. The van der Waals surface area contributed by atoms with Crippen LogP contribution in [0.4, 0.5) is 4.39 Å². The maximum Gasteiger partial charge on any atom is 0.216 e. The van der Waals surface area contributed by atoms with Crippen LogP contribution in [0.5, 0.6) is 0 Å². The molecule has 0 fully saturated rings. The van der Waals surface area contributed by atoms with Crippen LogP contribution in [0.25, 0.3) is 0 Å². The lowest BCUT2D eigenvalue weighted by Gasteiger charge is -2.18. The van der Waals surface area contributed by atoms with Crippen molar-refractivity contribution in [3.05, 3.63) is 29.3 Å². The molecular weight excluding hydrogens is 241 g/mol. The molecular formula is C11H12FN3O3. The summed E-state index contributed by atoms with van der Waals surface area (Å²) >= 11 is 0. The number of aliphatic hydroxyl groups is 2. The highest BCUT2D eigenvalue weighted by Crippen LogP contribution is 2.17. The molecule has 0 saturated heterocycles. The summed E-state index contributed by atoms with van der Waals surface area (Å²) in [6, 6.07) is 2.47. The molecule has 1 heterocycles. The van der Waals surface area contributed by atoms with Crippen molar-refractivity contribution in [2.24, 2.45) is 0 Å². The maximum atomic E-state index is 13.2. The number of nitrogens with zero attached hydrogens (tertiary/aromatic N) is 2. The van der Waals surface area contributed by atoms with Gasteiger partial charge >= 0.3 is 0 Å². The average Bonchev–Trinajstić information content (AvgIpc) is 2.34. The Hall–Kier alpha value is -2.04. The summed E-state index contributed by atoms with van der Waals surface area (Å²) in [5.74, 6) is -1.23. The summed E-state index contributed by atoms with van der Waals surface area (Å²) < 4.78 is 13.2. The highest BCUT2D eigenvalue weighted by molar-refractivity contribution is 5.72. The zero-order valence-electron chi connectivity index (χ0n) is 9.59. The first-order chi connectivity index (χ1) is 8.45. The first-order valence-corrected chi connectivity index (χ1v) is 5.11. The van der Waals surface area contributed by atoms with Crippen molar-refractivity contribution >= 4 is 5.91 Å². The molecule has 1 aromatic rings. The zero-order chi connectivity index (χ0) is 13.7. The number of rotatable bonds is 4. The third kappa shape index (κ3) is 3.48. The number of halogens is 1. The van der Waals surface area contributed by atoms with Gasteiger partial charge in [-0.3, -0.25) is 4.79 Å². The van der Waals surface area contributed by atoms with E-state index < -0.39 is 18.0 Å². The molecule has 0 radical (unpaired) electrons. The van der Waals surface area contributed by atoms with Crippen molar-refractivity contribution in [3.8, 4) is 6.07 Å². The van der Waals surface area contributed by atoms with Crippen LogP contribution in [0.2, 0.25) is 0 Å². The minimum absolute atomic E-state index is 0.0318. The third-order valence-corrected chi connectivity index (χ3v) is 2.23. The van der Waals surface area contributed by atoms with Crippen molar-refractivity contribution in [2.45, 2.75) is 19.1 Å². The Labute approximate surface area is 103 Å². The highest BCUT2D eigenvalue weighted by atomic mass is 19.1. The number of nitriles is 1. The quantitative estimate of drug-likeness (QED) is 0.678. The molecule has 0 aliphatic heterocycles. The number of hydrogen-bond acceptors (Lipinski definition) is 5. The van der Waals surface area contributed by atoms with Crippen LogP contribution in [0.15, 0.2) is 12.3 Å². The van der Waals surface area contributed by atoms with E-state index in [1.165, 1.54) is 6.92 Å². The zero-order valence-corrected chi connectivity index (χ0v) is 9.59. The summed E-state index contributed by atoms with van der Waals surface area (Å²) in [5.41, 5.74) is -0.355. The Kier molecular flexibility index (Phi) is 4.71. The molecule has 0 aliphatic rings. The Balaban J connectivity index is 2.78. The molecule has 0 aromatic carbocycles. The SMILES string of the molecule is CC(=O)NCC(O)C(O)c1cnc(C#N)c(F)c1. The number of nitrogens with one attached hydrogen (secondary N) is 1. The van der Waals surface area contributed by atoms with Crippen LogP contribution in [0.3, 0.4) is 0 Å². The van der Waals surface area contributed by atoms with E-state index in [1.54, 1.807) is 6.07 Å². The normalized spacial score (nSPS) is 13.5. The Bertz CT molecular complexity index is 487. The van der Waals surface area contributed by atoms with Crippen LogP contribution < -0.4 is 5.32 Å². The van der Waals surface area contributed by atoms with E-state index in [-0.39, 0.29) is 23.7 Å². The lowest BCUT2D eigenvalue weighted by atomic mass is 10.1. The smallest absolute Gasteiger partial charge is 0.216 e. The van der Waals surface area contributed by atoms with Crippen molar-refractivity contribution in [1.29, 1.82) is 5.26 Å². The summed E-state index contributed by atoms with van der Waals surface area (Å²) in [6.07, 6.45) is -1.59. The fourth-order valence-electron chi connectivity index (χ4n) is 1.28. The van der Waals surface area contributed by atoms with Crippen LogP contribution in [0, 0.1) is 17.1 Å². The number of amides is 1. The molecule has 1 aromatic heterocycles. The molecule has 6 nitrogen and oxygen atoms in total. The number of hydrogen-bond donors (Lipinski definition) is 3. The Morgan fingerprint density at radius 3 is 2.83 bits per heavy atom. The van der Waals surface area contributed by atoms with Crippen LogP contribution in [-0.4, -0.2) is 33.8 Å². The summed E-state index contributed by atoms with van der Waals surface area (Å²) in [4.78, 5) is 14.1. The van der Waals surface area contributed by atoms with Gasteiger partial charge in [0.1, 0.15) is 18.3 Å². The van der Waals surface area contributed by atoms with Gasteiger partial charge in [-0.2, -0.15) is 5.26 Å². The minimum atomic E-state index is -1.40. The van der Waals surface area contributed by atoms with Gasteiger partial charge in [0.2, 0.25) is 5.91 Å². The lowest BCUT2D eigenvalue weighted by molar-refractivity contribution is -0.119. The van der Waals surface area contributed by atoms with E-state index in [0.717, 1.165) is 12.3 Å². The number of aromatic nitrogens is 1. The van der Waals surface area contributed by atoms with Gasteiger partial charge in [0.15, 0.2) is 11.5 Å². The predicted molar refractivity (Wildman–Crippen MR) is 58.6 cm³/mol. The van der Waals surface area contributed by atoms with E-state index in [4.69, 9.17) is 5.26 Å². The van der Waals surface area contributed by atoms with Crippen LogP contribution >= 0.6 is 0 Å². The molecule has 7 heteroatoms. The highest BCUT2D eigenvalue weighted by Gasteiger charge is 2.20. The second-order valence-corrected chi connectivity index (χ2v) is 3.66. The van der Waals surface area contributed by atoms with Gasteiger partial charge in [-0.1, -0.05) is 0 Å². The summed E-state index contributed by atoms with van der Waals surface area (Å²) in [6.45, 7) is 1.10. The first kappa shape index (κ1) is 14.0. The second kappa shape index (κ2) is 6.05. The monoisotopic (exact) mass is 253 g/mol. The van der Waals surface area contributed by atoms with Crippen LogP contribution in [0.1, 0.15) is 24.3 Å². The Morgan fingerprint density at radius 2 is 2.33 bits per heavy atom. The molecule has 1 rings (SSSR count). The summed E-state index contributed by atoms with van der Waals surface area (Å²) in [5, 5.41) is 30.1. The molecule has 18 heavy (non-hydrogen) atoms. The van der Waals surface area contributed by atoms with Crippen molar-refractivity contribution in [1.82, 2.24) is 10.3 Å². The standard InChI is InChI=1S/C11H12FN3O3/c1-6(16)14-5-10(17)11(18)7-2-8(12)9(3-13)15-4-7/h2,4,10-11,17-18H,5H2,1H3,(H,14,16). The Morgan fingerprint density at radius 1 is 1.67 bits per heavy atom. The maximum absolute atomic E-state index is 13.2. The molecule has 0 bridgehead atoms. The van der Waals surface area contributed by atoms with E-state index >= 15 is 0 Å². The molecule has 0 aliphatic carbocycles. The van der Waals surface area contributed by atoms with Gasteiger partial charge in [0, 0.05) is 25.2 Å². The first-order valence-electron chi connectivity index (χ1n) is 5.11. The van der Waals surface area contributed by atoms with Gasteiger partial charge in [0.25, 0.3) is 0 Å². The van der Waals surface area contributed by atoms with Gasteiger partial charge in [-0.25, -0.2) is 9.37 Å². The molecule has 96 valence electrons. The fourth-order valence-corrected chi connectivity index (χ4v) is 1.28. The lowest BCUT2D eigenvalue weighted by Crippen LogP contribution is -2.34. The van der Waals surface area contributed by atoms with E-state index in [1.807, 2.05) is 0 Å². The average molecular weight is 253 g/mol. The largest absolute Gasteiger partial charge is 0.388 e. The number of pyridine rings is 1. The molecule has 0 saturated carbocycles. The van der Waals surface area contributed by atoms with E-state index in [9.17, 15) is 19.4 Å². The number of carbonyl (C=O) groups excluding carboxylic acids is 1. The van der Waals surface area contributed by atoms with Gasteiger partial charge in [-0.15, -0.1) is 0 Å². The molecule has 2 atom stereocenters. The topological polar surface area (TPSA) is 106 Å². The fraction of sp³-hybridized carbons (Fsp3) is 0.364. The van der Waals surface area contributed by atoms with Gasteiger partial charge < -0.3 is 15.5 Å². The van der Waals surface area contributed by atoms with Crippen molar-refractivity contribution in [3.63, 3.8) is 0 Å². The summed E-state index contributed by atoms with van der Waals surface area (Å²) in [7, 11) is 0. The number of aliphatic hydroxyl groups excluding tert-OH is 2. The van der Waals surface area contributed by atoms with Gasteiger partial charge in [-0.05, 0) is 6.07 Å². The molecule has 3 N–H and O–H groups in total. The van der Waals surface area contributed by atoms with E-state index in [2.05, 4.69) is 10.3 Å². The van der Waals surface area contributed by atoms with Crippen molar-refractivity contribution < 1.29 is 19.4 Å². The third-order valence-electron chi connectivity index (χ3n) is 2.23. The minimum Gasteiger partial charge on any atom is -0.388 e. The molecule has 2 unspecified atom stereocenters. The van der Waals surface area contributed by atoms with E-state index in [0.29, 0.717) is 0 Å². The van der Waals surface area contributed by atoms with Crippen molar-refractivity contribution in [2.75, 3.05) is 6.54 Å². The van der Waals surface area contributed by atoms with Gasteiger partial charge in [0.05, 0.1) is 0 Å². The predicted octanol–water partition coefficient (Wildman–Crippen LogP) is -0.377. The second-order valence-electron chi connectivity index (χ2n) is 3.66. The number of carbonyl (C=O) groups is 1. The van der Waals surface area contributed by atoms with Crippen LogP contribution in [-0.2, 0) is 4.79 Å².